The summed E-state index contributed by atoms with van der Waals surface area (Å²) in [6.07, 6.45) is 1.49. The Bertz CT molecular complexity index is 612. The lowest BCUT2D eigenvalue weighted by atomic mass is 10.2. The summed E-state index contributed by atoms with van der Waals surface area (Å²) in [5, 5.41) is 16.2. The predicted molar refractivity (Wildman–Crippen MR) is 68.8 cm³/mol. The van der Waals surface area contributed by atoms with Gasteiger partial charge >= 0.3 is 0 Å². The van der Waals surface area contributed by atoms with Crippen molar-refractivity contribution in [1.82, 2.24) is 14.8 Å². The molecule has 0 aliphatic heterocycles. The van der Waals surface area contributed by atoms with Crippen LogP contribution in [0.1, 0.15) is 31.3 Å². The molecule has 0 amide bonds. The number of rotatable bonds is 4. The number of hydrogen-bond acceptors (Lipinski definition) is 4. The van der Waals surface area contributed by atoms with E-state index in [0.29, 0.717) is 12.2 Å². The molecule has 2 aromatic rings. The first-order valence-electron chi connectivity index (χ1n) is 5.93. The molecule has 2 rings (SSSR count). The molecule has 1 aromatic carbocycles. The molecule has 0 radical (unpaired) electrons. The Morgan fingerprint density at radius 2 is 2.26 bits per heavy atom. The highest BCUT2D eigenvalue weighted by Crippen LogP contribution is 2.17. The second kappa shape index (κ2) is 5.48. The van der Waals surface area contributed by atoms with Gasteiger partial charge in [0.25, 0.3) is 0 Å². The molecule has 1 N–H and O–H groups in total. The number of nitrogens with zero attached hydrogens (tertiary/aromatic N) is 4. The van der Waals surface area contributed by atoms with Crippen LogP contribution in [0.5, 0.6) is 0 Å². The van der Waals surface area contributed by atoms with E-state index < -0.39 is 5.82 Å². The minimum atomic E-state index is -0.424. The third-order valence-corrected chi connectivity index (χ3v) is 2.68. The predicted octanol–water partition coefficient (Wildman–Crippen LogP) is 2.48. The van der Waals surface area contributed by atoms with Gasteiger partial charge in [0, 0.05) is 6.04 Å². The summed E-state index contributed by atoms with van der Waals surface area (Å²) in [7, 11) is 0. The van der Waals surface area contributed by atoms with Crippen LogP contribution in [-0.4, -0.2) is 14.8 Å². The van der Waals surface area contributed by atoms with Crippen molar-refractivity contribution in [3.8, 4) is 6.07 Å². The molecular weight excluding hydrogens is 245 g/mol. The van der Waals surface area contributed by atoms with E-state index in [4.69, 9.17) is 5.26 Å². The summed E-state index contributed by atoms with van der Waals surface area (Å²) in [6, 6.07) is 6.23. The van der Waals surface area contributed by atoms with E-state index >= 15 is 0 Å². The zero-order valence-corrected chi connectivity index (χ0v) is 10.8. The summed E-state index contributed by atoms with van der Waals surface area (Å²) in [4.78, 5) is 4.16. The molecule has 0 unspecified atom stereocenters. The van der Waals surface area contributed by atoms with E-state index in [1.807, 2.05) is 19.9 Å². The average Bonchev–Trinajstić information content (AvgIpc) is 2.85. The molecule has 0 aliphatic carbocycles. The van der Waals surface area contributed by atoms with E-state index in [1.54, 1.807) is 10.7 Å². The maximum absolute atomic E-state index is 13.0. The maximum Gasteiger partial charge on any atom is 0.146 e. The standard InChI is InChI=1S/C13H14FN5/c1-9(2)19-13(17-8-18-19)7-16-12-4-3-11(14)5-10(12)6-15/h3-5,8-9,16H,7H2,1-2H3. The minimum Gasteiger partial charge on any atom is -0.377 e. The molecule has 0 atom stereocenters. The lowest BCUT2D eigenvalue weighted by Gasteiger charge is -2.11. The summed E-state index contributed by atoms with van der Waals surface area (Å²) in [5.74, 6) is 0.343. The molecule has 19 heavy (non-hydrogen) atoms. The molecule has 0 saturated carbocycles. The highest BCUT2D eigenvalue weighted by Gasteiger charge is 2.09. The van der Waals surface area contributed by atoms with Gasteiger partial charge in [-0.3, -0.25) is 0 Å². The fourth-order valence-electron chi connectivity index (χ4n) is 1.77. The van der Waals surface area contributed by atoms with Crippen LogP contribution in [0.25, 0.3) is 0 Å². The molecule has 1 heterocycles. The number of benzene rings is 1. The number of hydrogen-bond donors (Lipinski definition) is 1. The lowest BCUT2D eigenvalue weighted by molar-refractivity contribution is 0.509. The molecule has 1 aromatic heterocycles. The van der Waals surface area contributed by atoms with Crippen LogP contribution in [0.15, 0.2) is 24.5 Å². The number of halogens is 1. The van der Waals surface area contributed by atoms with Gasteiger partial charge in [0.2, 0.25) is 0 Å². The van der Waals surface area contributed by atoms with Gasteiger partial charge in [0.15, 0.2) is 0 Å². The molecule has 0 aliphatic rings. The van der Waals surface area contributed by atoms with Crippen LogP contribution in [-0.2, 0) is 6.54 Å². The smallest absolute Gasteiger partial charge is 0.146 e. The van der Waals surface area contributed by atoms with Gasteiger partial charge in [-0.1, -0.05) is 0 Å². The first kappa shape index (κ1) is 13.0. The van der Waals surface area contributed by atoms with E-state index in [-0.39, 0.29) is 11.6 Å². The molecule has 0 bridgehead atoms. The van der Waals surface area contributed by atoms with Crippen LogP contribution in [0, 0.1) is 17.1 Å². The molecule has 98 valence electrons. The molecule has 0 spiro atoms. The molecule has 0 saturated heterocycles. The van der Waals surface area contributed by atoms with Crippen molar-refractivity contribution in [1.29, 1.82) is 5.26 Å². The highest BCUT2D eigenvalue weighted by atomic mass is 19.1. The molecular formula is C13H14FN5. The Labute approximate surface area is 110 Å². The number of anilines is 1. The SMILES string of the molecule is CC(C)n1ncnc1CNc1ccc(F)cc1C#N. The fraction of sp³-hybridized carbons (Fsp3) is 0.308. The second-order valence-electron chi connectivity index (χ2n) is 4.37. The minimum absolute atomic E-state index is 0.211. The second-order valence-corrected chi connectivity index (χ2v) is 4.37. The Hall–Kier alpha value is -2.42. The Kier molecular flexibility index (Phi) is 3.76. The zero-order chi connectivity index (χ0) is 13.8. The van der Waals surface area contributed by atoms with Crippen LogP contribution in [0.3, 0.4) is 0 Å². The van der Waals surface area contributed by atoms with Crippen molar-refractivity contribution in [2.75, 3.05) is 5.32 Å². The molecule has 0 fully saturated rings. The van der Waals surface area contributed by atoms with Crippen molar-refractivity contribution >= 4 is 5.69 Å². The molecule has 6 heteroatoms. The maximum atomic E-state index is 13.0. The van der Waals surface area contributed by atoms with Crippen molar-refractivity contribution < 1.29 is 4.39 Å². The van der Waals surface area contributed by atoms with Gasteiger partial charge < -0.3 is 5.32 Å². The van der Waals surface area contributed by atoms with Crippen LogP contribution in [0.4, 0.5) is 10.1 Å². The highest BCUT2D eigenvalue weighted by molar-refractivity contribution is 5.57. The summed E-state index contributed by atoms with van der Waals surface area (Å²) in [6.45, 7) is 4.45. The topological polar surface area (TPSA) is 66.5 Å². The summed E-state index contributed by atoms with van der Waals surface area (Å²) >= 11 is 0. The first-order valence-corrected chi connectivity index (χ1v) is 5.93. The van der Waals surface area contributed by atoms with E-state index in [9.17, 15) is 4.39 Å². The van der Waals surface area contributed by atoms with Crippen molar-refractivity contribution in [3.05, 3.63) is 41.7 Å². The largest absolute Gasteiger partial charge is 0.377 e. The summed E-state index contributed by atoms with van der Waals surface area (Å²) < 4.78 is 14.8. The number of aromatic nitrogens is 3. The monoisotopic (exact) mass is 259 g/mol. The zero-order valence-electron chi connectivity index (χ0n) is 10.8. The quantitative estimate of drug-likeness (QED) is 0.916. The first-order chi connectivity index (χ1) is 9.11. The number of nitrogens with one attached hydrogen (secondary N) is 1. The fourth-order valence-corrected chi connectivity index (χ4v) is 1.77. The van der Waals surface area contributed by atoms with Gasteiger partial charge in [-0.25, -0.2) is 14.1 Å². The van der Waals surface area contributed by atoms with Crippen LogP contribution >= 0.6 is 0 Å². The number of nitriles is 1. The van der Waals surface area contributed by atoms with Gasteiger partial charge in [-0.2, -0.15) is 10.4 Å². The van der Waals surface area contributed by atoms with Gasteiger partial charge in [-0.15, -0.1) is 0 Å². The lowest BCUT2D eigenvalue weighted by Crippen LogP contribution is -2.12. The third-order valence-electron chi connectivity index (χ3n) is 2.68. The van der Waals surface area contributed by atoms with Crippen molar-refractivity contribution in [3.63, 3.8) is 0 Å². The summed E-state index contributed by atoms with van der Waals surface area (Å²) in [5.41, 5.74) is 0.859. The van der Waals surface area contributed by atoms with Crippen molar-refractivity contribution in [2.24, 2.45) is 0 Å². The van der Waals surface area contributed by atoms with E-state index in [0.717, 1.165) is 5.82 Å². The van der Waals surface area contributed by atoms with E-state index in [1.165, 1.54) is 18.5 Å². The average molecular weight is 259 g/mol. The Morgan fingerprint density at radius 1 is 1.47 bits per heavy atom. The molecule has 5 nitrogen and oxygen atoms in total. The Balaban J connectivity index is 2.15. The van der Waals surface area contributed by atoms with Gasteiger partial charge in [0.05, 0.1) is 17.8 Å². The third kappa shape index (κ3) is 2.88. The normalized spacial score (nSPS) is 10.5. The Morgan fingerprint density at radius 3 is 2.95 bits per heavy atom. The van der Waals surface area contributed by atoms with Gasteiger partial charge in [-0.05, 0) is 32.0 Å². The van der Waals surface area contributed by atoms with Crippen LogP contribution < -0.4 is 5.32 Å². The van der Waals surface area contributed by atoms with Crippen LogP contribution in [0.2, 0.25) is 0 Å². The van der Waals surface area contributed by atoms with Crippen molar-refractivity contribution in [2.45, 2.75) is 26.4 Å². The van der Waals surface area contributed by atoms with Gasteiger partial charge in [0.1, 0.15) is 24.0 Å². The van der Waals surface area contributed by atoms with E-state index in [2.05, 4.69) is 15.4 Å².